The Labute approximate surface area is 111 Å². The molecular weight excluding hydrogens is 240 g/mol. The average molecular weight is 256 g/mol. The molecule has 19 heavy (non-hydrogen) atoms. The Kier molecular flexibility index (Phi) is 3.07. The molecule has 1 amide bonds. The Balaban J connectivity index is 1.69. The van der Waals surface area contributed by atoms with Gasteiger partial charge in [-0.05, 0) is 18.8 Å². The fourth-order valence-electron chi connectivity index (χ4n) is 2.40. The van der Waals surface area contributed by atoms with Crippen molar-refractivity contribution < 1.29 is 9.32 Å². The van der Waals surface area contributed by atoms with Crippen LogP contribution in [0.5, 0.6) is 0 Å². The first-order valence-electron chi connectivity index (χ1n) is 6.55. The highest BCUT2D eigenvalue weighted by atomic mass is 16.5. The maximum absolute atomic E-state index is 12.0. The Hall–Kier alpha value is -2.10. The molecule has 1 aliphatic carbocycles. The zero-order valence-electron chi connectivity index (χ0n) is 10.8. The number of hydrogen-bond donors (Lipinski definition) is 1. The molecule has 0 unspecified atom stereocenters. The third-order valence-corrected chi connectivity index (χ3v) is 3.51. The minimum atomic E-state index is -0.174. The normalized spacial score (nSPS) is 21.7. The number of rotatable bonds is 3. The molecule has 1 heterocycles. The average Bonchev–Trinajstić information content (AvgIpc) is 2.87. The van der Waals surface area contributed by atoms with Crippen LogP contribution in [0.3, 0.4) is 0 Å². The molecule has 1 N–H and O–H groups in total. The molecule has 4 nitrogen and oxygen atoms in total. The smallest absolute Gasteiger partial charge is 0.290 e. The van der Waals surface area contributed by atoms with Gasteiger partial charge in [-0.3, -0.25) is 4.79 Å². The molecule has 0 atom stereocenters. The van der Waals surface area contributed by atoms with E-state index in [0.717, 1.165) is 18.4 Å². The predicted octanol–water partition coefficient (Wildman–Crippen LogP) is 2.87. The molecule has 3 rings (SSSR count). The number of carbonyl (C=O) groups excluding carboxylic acids is 1. The van der Waals surface area contributed by atoms with Crippen molar-refractivity contribution in [1.29, 1.82) is 0 Å². The summed E-state index contributed by atoms with van der Waals surface area (Å²) in [6, 6.07) is 11.6. The second-order valence-electron chi connectivity index (χ2n) is 5.19. The van der Waals surface area contributed by atoms with Crippen molar-refractivity contribution in [2.75, 3.05) is 0 Å². The monoisotopic (exact) mass is 256 g/mol. The van der Waals surface area contributed by atoms with Gasteiger partial charge in [0.1, 0.15) is 5.69 Å². The summed E-state index contributed by atoms with van der Waals surface area (Å²) in [6.07, 6.45) is 2.09. The summed E-state index contributed by atoms with van der Waals surface area (Å²) in [5.74, 6) is 0.810. The Morgan fingerprint density at radius 2 is 2.05 bits per heavy atom. The van der Waals surface area contributed by atoms with Gasteiger partial charge in [0.05, 0.1) is 0 Å². The Morgan fingerprint density at radius 3 is 2.74 bits per heavy atom. The van der Waals surface area contributed by atoms with Crippen LogP contribution in [0.2, 0.25) is 0 Å². The lowest BCUT2D eigenvalue weighted by Crippen LogP contribution is -2.43. The van der Waals surface area contributed by atoms with Crippen LogP contribution in [0.25, 0.3) is 11.3 Å². The Bertz CT molecular complexity index is 571. The van der Waals surface area contributed by atoms with Crippen LogP contribution in [0, 0.1) is 5.92 Å². The van der Waals surface area contributed by atoms with E-state index in [9.17, 15) is 4.79 Å². The van der Waals surface area contributed by atoms with E-state index >= 15 is 0 Å². The lowest BCUT2D eigenvalue weighted by Gasteiger charge is -2.32. The molecule has 2 aromatic rings. The first-order valence-corrected chi connectivity index (χ1v) is 6.55. The molecule has 0 radical (unpaired) electrons. The lowest BCUT2D eigenvalue weighted by molar-refractivity contribution is 0.0858. The van der Waals surface area contributed by atoms with Crippen molar-refractivity contribution in [1.82, 2.24) is 10.5 Å². The molecule has 4 heteroatoms. The van der Waals surface area contributed by atoms with E-state index in [4.69, 9.17) is 4.52 Å². The van der Waals surface area contributed by atoms with E-state index in [1.807, 2.05) is 30.3 Å². The Morgan fingerprint density at radius 1 is 1.32 bits per heavy atom. The number of carbonyl (C=O) groups is 1. The zero-order chi connectivity index (χ0) is 13.2. The SMILES string of the molecule is CC1CC(NC(=O)c2cc(-c3ccccc3)no2)C1. The number of hydrogen-bond acceptors (Lipinski definition) is 3. The predicted molar refractivity (Wildman–Crippen MR) is 71.6 cm³/mol. The van der Waals surface area contributed by atoms with Crippen molar-refractivity contribution in [3.8, 4) is 11.3 Å². The third-order valence-electron chi connectivity index (χ3n) is 3.51. The number of nitrogens with zero attached hydrogens (tertiary/aromatic N) is 1. The highest BCUT2D eigenvalue weighted by Crippen LogP contribution is 2.26. The molecule has 1 aliphatic rings. The lowest BCUT2D eigenvalue weighted by atomic mass is 9.82. The van der Waals surface area contributed by atoms with E-state index in [0.29, 0.717) is 11.6 Å². The van der Waals surface area contributed by atoms with Gasteiger partial charge in [0.25, 0.3) is 5.91 Å². The van der Waals surface area contributed by atoms with Gasteiger partial charge in [-0.2, -0.15) is 0 Å². The van der Waals surface area contributed by atoms with Crippen molar-refractivity contribution >= 4 is 5.91 Å². The summed E-state index contributed by atoms with van der Waals surface area (Å²) >= 11 is 0. The van der Waals surface area contributed by atoms with Gasteiger partial charge < -0.3 is 9.84 Å². The molecule has 1 aromatic heterocycles. The van der Waals surface area contributed by atoms with Gasteiger partial charge >= 0.3 is 0 Å². The van der Waals surface area contributed by atoms with Crippen LogP contribution >= 0.6 is 0 Å². The van der Waals surface area contributed by atoms with E-state index < -0.39 is 0 Å². The van der Waals surface area contributed by atoms with Crippen LogP contribution in [-0.2, 0) is 0 Å². The summed E-state index contributed by atoms with van der Waals surface area (Å²) < 4.78 is 5.12. The van der Waals surface area contributed by atoms with Crippen LogP contribution < -0.4 is 5.32 Å². The van der Waals surface area contributed by atoms with E-state index in [1.54, 1.807) is 6.07 Å². The van der Waals surface area contributed by atoms with Crippen molar-refractivity contribution in [2.24, 2.45) is 5.92 Å². The maximum Gasteiger partial charge on any atom is 0.290 e. The largest absolute Gasteiger partial charge is 0.350 e. The molecule has 1 fully saturated rings. The van der Waals surface area contributed by atoms with Gasteiger partial charge in [0.15, 0.2) is 0 Å². The molecule has 0 saturated heterocycles. The minimum absolute atomic E-state index is 0.174. The quantitative estimate of drug-likeness (QED) is 0.918. The molecule has 0 spiro atoms. The van der Waals surface area contributed by atoms with Crippen LogP contribution in [0.1, 0.15) is 30.3 Å². The maximum atomic E-state index is 12.0. The van der Waals surface area contributed by atoms with Gasteiger partial charge in [-0.25, -0.2) is 0 Å². The molecule has 98 valence electrons. The van der Waals surface area contributed by atoms with Crippen LogP contribution in [0.15, 0.2) is 40.9 Å². The summed E-state index contributed by atoms with van der Waals surface area (Å²) in [7, 11) is 0. The van der Waals surface area contributed by atoms with E-state index in [-0.39, 0.29) is 17.7 Å². The summed E-state index contributed by atoms with van der Waals surface area (Å²) in [4.78, 5) is 12.0. The summed E-state index contributed by atoms with van der Waals surface area (Å²) in [6.45, 7) is 2.19. The van der Waals surface area contributed by atoms with Crippen molar-refractivity contribution in [3.05, 3.63) is 42.2 Å². The fraction of sp³-hybridized carbons (Fsp3) is 0.333. The summed E-state index contributed by atoms with van der Waals surface area (Å²) in [5.41, 5.74) is 1.63. The van der Waals surface area contributed by atoms with Crippen LogP contribution in [-0.4, -0.2) is 17.1 Å². The van der Waals surface area contributed by atoms with E-state index in [2.05, 4.69) is 17.4 Å². The van der Waals surface area contributed by atoms with Crippen molar-refractivity contribution in [3.63, 3.8) is 0 Å². The van der Waals surface area contributed by atoms with Crippen LogP contribution in [0.4, 0.5) is 0 Å². The first-order chi connectivity index (χ1) is 9.22. The highest BCUT2D eigenvalue weighted by molar-refractivity contribution is 5.92. The highest BCUT2D eigenvalue weighted by Gasteiger charge is 2.28. The standard InChI is InChI=1S/C15H16N2O2/c1-10-7-12(8-10)16-15(18)14-9-13(17-19-14)11-5-3-2-4-6-11/h2-6,9-10,12H,7-8H2,1H3,(H,16,18). The molecule has 1 aromatic carbocycles. The topological polar surface area (TPSA) is 55.1 Å². The second kappa shape index (κ2) is 4.88. The number of aromatic nitrogens is 1. The first kappa shape index (κ1) is 12.0. The molecule has 0 aliphatic heterocycles. The minimum Gasteiger partial charge on any atom is -0.350 e. The van der Waals surface area contributed by atoms with Gasteiger partial charge in [0.2, 0.25) is 5.76 Å². The van der Waals surface area contributed by atoms with Gasteiger partial charge in [-0.15, -0.1) is 0 Å². The number of benzene rings is 1. The summed E-state index contributed by atoms with van der Waals surface area (Å²) in [5, 5.41) is 6.89. The third kappa shape index (κ3) is 2.52. The van der Waals surface area contributed by atoms with E-state index in [1.165, 1.54) is 0 Å². The molecule has 0 bridgehead atoms. The second-order valence-corrected chi connectivity index (χ2v) is 5.19. The molecule has 1 saturated carbocycles. The molecular formula is C15H16N2O2. The van der Waals surface area contributed by atoms with Gasteiger partial charge in [0, 0.05) is 17.7 Å². The zero-order valence-corrected chi connectivity index (χ0v) is 10.8. The number of amides is 1. The number of nitrogens with one attached hydrogen (secondary N) is 1. The van der Waals surface area contributed by atoms with Crippen molar-refractivity contribution in [2.45, 2.75) is 25.8 Å². The fourth-order valence-corrected chi connectivity index (χ4v) is 2.40. The van der Waals surface area contributed by atoms with Gasteiger partial charge in [-0.1, -0.05) is 42.4 Å².